The molecule has 3 aromatic rings. The van der Waals surface area contributed by atoms with E-state index in [2.05, 4.69) is 21.2 Å². The van der Waals surface area contributed by atoms with Crippen LogP contribution in [-0.2, 0) is 0 Å². The number of halogens is 1. The number of terminal acetylenes is 1. The van der Waals surface area contributed by atoms with Gasteiger partial charge in [-0.25, -0.2) is 9.97 Å². The van der Waals surface area contributed by atoms with Crippen LogP contribution in [0.2, 0.25) is 5.02 Å². The molecule has 0 atom stereocenters. The van der Waals surface area contributed by atoms with Crippen molar-refractivity contribution in [3.05, 3.63) is 77.3 Å². The maximum Gasteiger partial charge on any atom is 0.255 e. The number of nitrogens with zero attached hydrogens (tertiary/aromatic N) is 3. The molecule has 1 heterocycles. The maximum absolute atomic E-state index is 12.6. The van der Waals surface area contributed by atoms with Gasteiger partial charge in [0.2, 0.25) is 0 Å². The van der Waals surface area contributed by atoms with Gasteiger partial charge >= 0.3 is 0 Å². The molecule has 128 valence electrons. The van der Waals surface area contributed by atoms with Gasteiger partial charge in [0.1, 0.15) is 6.33 Å². The second-order valence-electron chi connectivity index (χ2n) is 5.28. The molecule has 2 aromatic carbocycles. The molecular weight excluding hydrogens is 348 g/mol. The van der Waals surface area contributed by atoms with Crippen molar-refractivity contribution in [2.75, 3.05) is 17.2 Å². The van der Waals surface area contributed by atoms with E-state index in [1.54, 1.807) is 30.3 Å². The first-order valence-electron chi connectivity index (χ1n) is 9.02. The third-order valence-electron chi connectivity index (χ3n) is 3.54. The van der Waals surface area contributed by atoms with Gasteiger partial charge in [0.25, 0.3) is 5.91 Å². The lowest BCUT2D eigenvalue weighted by Crippen LogP contribution is -2.14. The summed E-state index contributed by atoms with van der Waals surface area (Å²) in [7, 11) is 0. The molecular formula is C20H15ClN4O. The van der Waals surface area contributed by atoms with Gasteiger partial charge in [-0.05, 0) is 36.4 Å². The highest BCUT2D eigenvalue weighted by atomic mass is 35.5. The average Bonchev–Trinajstić information content (AvgIpc) is 2.70. The van der Waals surface area contributed by atoms with E-state index in [-0.39, 0.29) is 22.3 Å². The van der Waals surface area contributed by atoms with E-state index in [0.29, 0.717) is 16.8 Å². The van der Waals surface area contributed by atoms with Gasteiger partial charge in [0.15, 0.2) is 0 Å². The van der Waals surface area contributed by atoms with Gasteiger partial charge in [0, 0.05) is 27.9 Å². The number of carbonyl (C=O) groups is 1. The molecule has 5 nitrogen and oxygen atoms in total. The summed E-state index contributed by atoms with van der Waals surface area (Å²) < 4.78 is 23.7. The molecule has 0 aliphatic carbocycles. The Bertz CT molecular complexity index is 1080. The molecule has 0 aliphatic heterocycles. The molecule has 0 saturated heterocycles. The Hall–Kier alpha value is -3.36. The number of rotatable bonds is 4. The first-order valence-corrected chi connectivity index (χ1v) is 7.90. The summed E-state index contributed by atoms with van der Waals surface area (Å²) in [4.78, 5) is 21.3. The van der Waals surface area contributed by atoms with E-state index in [0.717, 1.165) is 4.90 Å². The van der Waals surface area contributed by atoms with Crippen molar-refractivity contribution in [1.82, 2.24) is 9.97 Å². The van der Waals surface area contributed by atoms with Crippen LogP contribution in [0.3, 0.4) is 0 Å². The Kier molecular flexibility index (Phi) is 4.10. The molecule has 1 aromatic heterocycles. The zero-order chi connectivity index (χ0) is 21.0. The predicted octanol–water partition coefficient (Wildman–Crippen LogP) is 4.13. The third-order valence-corrected chi connectivity index (χ3v) is 3.86. The standard InChI is InChI=1S/C20H15ClN4O/c1-3-14-5-4-6-15(9-14)20(26)24-16-7-8-18(21)19(10-16)25(2)17-11-22-13-23-12-17/h1,4-13H,2H3,(H,24,26)/i2D3. The topological polar surface area (TPSA) is 58.1 Å². The Labute approximate surface area is 160 Å². The van der Waals surface area contributed by atoms with Crippen LogP contribution in [0.15, 0.2) is 61.2 Å². The maximum atomic E-state index is 12.6. The van der Waals surface area contributed by atoms with Crippen molar-refractivity contribution in [1.29, 1.82) is 0 Å². The molecule has 6 heteroatoms. The zero-order valence-electron chi connectivity index (χ0n) is 16.5. The van der Waals surface area contributed by atoms with E-state index in [1.807, 2.05) is 0 Å². The van der Waals surface area contributed by atoms with E-state index >= 15 is 0 Å². The van der Waals surface area contributed by atoms with Crippen molar-refractivity contribution < 1.29 is 8.91 Å². The van der Waals surface area contributed by atoms with Crippen molar-refractivity contribution >= 4 is 34.6 Å². The average molecular weight is 366 g/mol. The van der Waals surface area contributed by atoms with Crippen molar-refractivity contribution in [2.24, 2.45) is 0 Å². The van der Waals surface area contributed by atoms with E-state index in [1.165, 1.54) is 30.9 Å². The Morgan fingerprint density at radius 1 is 1.27 bits per heavy atom. The van der Waals surface area contributed by atoms with Gasteiger partial charge in [-0.3, -0.25) is 4.79 Å². The largest absolute Gasteiger partial charge is 0.341 e. The molecule has 0 radical (unpaired) electrons. The SMILES string of the molecule is [2H]C([2H])([2H])N(c1cncnc1)c1cc(NC(=O)c2cccc(C#C)c2)ccc1Cl. The highest BCUT2D eigenvalue weighted by Crippen LogP contribution is 2.32. The van der Waals surface area contributed by atoms with Gasteiger partial charge in [-0.1, -0.05) is 23.6 Å². The second kappa shape index (κ2) is 7.68. The molecule has 1 amide bonds. The van der Waals surface area contributed by atoms with Gasteiger partial charge < -0.3 is 10.2 Å². The van der Waals surface area contributed by atoms with Crippen LogP contribution in [0.4, 0.5) is 17.1 Å². The summed E-state index contributed by atoms with van der Waals surface area (Å²) in [6, 6.07) is 11.2. The Morgan fingerprint density at radius 2 is 2.08 bits per heavy atom. The van der Waals surface area contributed by atoms with Crippen molar-refractivity contribution in [3.8, 4) is 12.3 Å². The molecule has 0 saturated carbocycles. The second-order valence-corrected chi connectivity index (χ2v) is 5.68. The van der Waals surface area contributed by atoms with Gasteiger partial charge in [-0.2, -0.15) is 0 Å². The molecule has 1 N–H and O–H groups in total. The minimum Gasteiger partial charge on any atom is -0.341 e. The summed E-state index contributed by atoms with van der Waals surface area (Å²) in [5.74, 6) is 2.08. The predicted molar refractivity (Wildman–Crippen MR) is 104 cm³/mol. The van der Waals surface area contributed by atoms with Crippen LogP contribution >= 0.6 is 11.6 Å². The molecule has 0 bridgehead atoms. The number of amides is 1. The van der Waals surface area contributed by atoms with Gasteiger partial charge in [0.05, 0.1) is 28.8 Å². The summed E-state index contributed by atoms with van der Waals surface area (Å²) >= 11 is 6.27. The molecule has 0 spiro atoms. The lowest BCUT2D eigenvalue weighted by molar-refractivity contribution is 0.102. The summed E-state index contributed by atoms with van der Waals surface area (Å²) in [5.41, 5.74) is 1.73. The number of carbonyl (C=O) groups excluding carboxylic acids is 1. The number of aromatic nitrogens is 2. The minimum absolute atomic E-state index is 0.177. The van der Waals surface area contributed by atoms with Crippen LogP contribution in [0, 0.1) is 12.3 Å². The molecule has 3 rings (SSSR count). The number of nitrogens with one attached hydrogen (secondary N) is 1. The molecule has 0 aliphatic rings. The van der Waals surface area contributed by atoms with E-state index in [4.69, 9.17) is 22.1 Å². The fourth-order valence-corrected chi connectivity index (χ4v) is 2.46. The van der Waals surface area contributed by atoms with E-state index < -0.39 is 6.98 Å². The van der Waals surface area contributed by atoms with Crippen LogP contribution in [0.5, 0.6) is 0 Å². The Balaban J connectivity index is 1.97. The van der Waals surface area contributed by atoms with Gasteiger partial charge in [-0.15, -0.1) is 6.42 Å². The highest BCUT2D eigenvalue weighted by Gasteiger charge is 2.12. The number of hydrogen-bond donors (Lipinski definition) is 1. The molecule has 26 heavy (non-hydrogen) atoms. The number of hydrogen-bond acceptors (Lipinski definition) is 4. The summed E-state index contributed by atoms with van der Waals surface area (Å²) in [6.45, 7) is -2.56. The summed E-state index contributed by atoms with van der Waals surface area (Å²) in [6.07, 6.45) is 9.40. The first kappa shape index (κ1) is 13.9. The normalized spacial score (nSPS) is 12.2. The fourth-order valence-electron chi connectivity index (χ4n) is 2.26. The smallest absolute Gasteiger partial charge is 0.255 e. The van der Waals surface area contributed by atoms with Crippen molar-refractivity contribution in [3.63, 3.8) is 0 Å². The highest BCUT2D eigenvalue weighted by molar-refractivity contribution is 6.33. The number of anilines is 3. The van der Waals surface area contributed by atoms with Crippen LogP contribution in [0.1, 0.15) is 20.0 Å². The van der Waals surface area contributed by atoms with Crippen molar-refractivity contribution in [2.45, 2.75) is 0 Å². The molecule has 0 fully saturated rings. The van der Waals surface area contributed by atoms with Crippen LogP contribution < -0.4 is 10.2 Å². The monoisotopic (exact) mass is 365 g/mol. The fraction of sp³-hybridized carbons (Fsp3) is 0.0500. The zero-order valence-corrected chi connectivity index (χ0v) is 14.2. The Morgan fingerprint density at radius 3 is 2.81 bits per heavy atom. The quantitative estimate of drug-likeness (QED) is 0.706. The van der Waals surface area contributed by atoms with E-state index in [9.17, 15) is 4.79 Å². The lowest BCUT2D eigenvalue weighted by atomic mass is 10.1. The lowest BCUT2D eigenvalue weighted by Gasteiger charge is -2.20. The van der Waals surface area contributed by atoms with Crippen LogP contribution in [0.25, 0.3) is 0 Å². The summed E-state index contributed by atoms with van der Waals surface area (Å²) in [5, 5.41) is 2.92. The molecule has 0 unspecified atom stereocenters. The minimum atomic E-state index is -2.56. The number of benzene rings is 2. The third kappa shape index (κ3) is 3.82. The van der Waals surface area contributed by atoms with Crippen LogP contribution in [-0.4, -0.2) is 22.9 Å². The first-order chi connectivity index (χ1) is 13.8.